The Morgan fingerprint density at radius 3 is 2.07 bits per heavy atom. The Labute approximate surface area is 183 Å². The fourth-order valence-corrected chi connectivity index (χ4v) is 10.2. The van der Waals surface area contributed by atoms with Crippen LogP contribution < -0.4 is 0 Å². The van der Waals surface area contributed by atoms with Gasteiger partial charge >= 0.3 is 5.97 Å². The first kappa shape index (κ1) is 21.0. The van der Waals surface area contributed by atoms with Crippen LogP contribution in [0.1, 0.15) is 106 Å². The molecule has 5 aliphatic rings. The highest BCUT2D eigenvalue weighted by Crippen LogP contribution is 2.75. The van der Waals surface area contributed by atoms with Gasteiger partial charge in [0.05, 0.1) is 0 Å². The van der Waals surface area contributed by atoms with Crippen molar-refractivity contribution in [3.8, 4) is 0 Å². The van der Waals surface area contributed by atoms with Crippen molar-refractivity contribution in [3.05, 3.63) is 0 Å². The van der Waals surface area contributed by atoms with E-state index in [1.54, 1.807) is 0 Å². The minimum atomic E-state index is -0.247. The summed E-state index contributed by atoms with van der Waals surface area (Å²) in [5.41, 5.74) is 0.503. The summed E-state index contributed by atoms with van der Waals surface area (Å²) in [7, 11) is 0. The van der Waals surface area contributed by atoms with Crippen LogP contribution in [0.3, 0.4) is 0 Å². The van der Waals surface area contributed by atoms with E-state index in [4.69, 9.17) is 4.74 Å². The second kappa shape index (κ2) is 6.13. The molecule has 5 rings (SSSR count). The summed E-state index contributed by atoms with van der Waals surface area (Å²) in [6, 6.07) is 0. The van der Waals surface area contributed by atoms with Crippen LogP contribution in [0.5, 0.6) is 0 Å². The van der Waals surface area contributed by atoms with Gasteiger partial charge in [-0.15, -0.1) is 0 Å². The molecule has 0 spiro atoms. The van der Waals surface area contributed by atoms with Gasteiger partial charge in [0.25, 0.3) is 0 Å². The third-order valence-corrected chi connectivity index (χ3v) is 12.1. The standard InChI is InChI=1S/C27H42O3/c1-23(2)19-10-15-26(5)20(24(19,3)13-11-21(23)28)8-7-17-18(9-14-25(17,26)4)27(6)16-12-22(29)30-27/h17-20H,7-16H2,1-6H3/t17-,18+,19+,20-,24+,25-,26-,27?/m1/s1. The van der Waals surface area contributed by atoms with Crippen LogP contribution in [0.2, 0.25) is 0 Å². The Hall–Kier alpha value is -0.860. The van der Waals surface area contributed by atoms with E-state index in [9.17, 15) is 9.59 Å². The number of cyclic esters (lactones) is 1. The first-order valence-electron chi connectivity index (χ1n) is 12.6. The second-order valence-electron chi connectivity index (χ2n) is 13.2. The number of hydrogen-bond donors (Lipinski definition) is 0. The number of carbonyl (C=O) groups is 2. The quantitative estimate of drug-likeness (QED) is 0.470. The average Bonchev–Trinajstić information content (AvgIpc) is 3.20. The first-order chi connectivity index (χ1) is 13.9. The van der Waals surface area contributed by atoms with Crippen molar-refractivity contribution >= 4 is 11.8 Å². The third kappa shape index (κ3) is 2.39. The topological polar surface area (TPSA) is 43.4 Å². The number of Topliss-reactive ketones (excluding diaryl/α,β-unsaturated/α-hetero) is 1. The van der Waals surface area contributed by atoms with Crippen LogP contribution in [-0.4, -0.2) is 17.4 Å². The van der Waals surface area contributed by atoms with Gasteiger partial charge in [-0.2, -0.15) is 0 Å². The van der Waals surface area contributed by atoms with Crippen molar-refractivity contribution in [3.63, 3.8) is 0 Å². The molecule has 1 saturated heterocycles. The molecule has 5 fully saturated rings. The van der Waals surface area contributed by atoms with E-state index in [0.717, 1.165) is 19.3 Å². The zero-order chi connectivity index (χ0) is 21.7. The summed E-state index contributed by atoms with van der Waals surface area (Å²) in [5, 5.41) is 0. The normalized spacial score (nSPS) is 54.9. The van der Waals surface area contributed by atoms with E-state index < -0.39 is 0 Å². The lowest BCUT2D eigenvalue weighted by Crippen LogP contribution is -2.63. The molecule has 0 N–H and O–H groups in total. The van der Waals surface area contributed by atoms with Gasteiger partial charge in [-0.25, -0.2) is 0 Å². The van der Waals surface area contributed by atoms with E-state index in [0.29, 0.717) is 46.7 Å². The number of fused-ring (bicyclic) bond motifs is 5. The lowest BCUT2D eigenvalue weighted by molar-refractivity contribution is -0.207. The molecule has 3 heteroatoms. The first-order valence-corrected chi connectivity index (χ1v) is 12.6. The molecule has 0 amide bonds. The minimum absolute atomic E-state index is 0.00752. The van der Waals surface area contributed by atoms with Crippen LogP contribution in [0.4, 0.5) is 0 Å². The SMILES string of the molecule is CC1([C@H]2CC[C@]3(C)[C@@H]2CC[C@@H]2[C@@]4(C)CCC(=O)C(C)(C)[C@@H]4CC[C@]23C)CCC(=O)O1. The maximum absolute atomic E-state index is 12.8. The van der Waals surface area contributed by atoms with Crippen molar-refractivity contribution < 1.29 is 14.3 Å². The van der Waals surface area contributed by atoms with Crippen molar-refractivity contribution in [2.75, 3.05) is 0 Å². The molecule has 0 radical (unpaired) electrons. The molecule has 8 atom stereocenters. The molecule has 0 aromatic rings. The molecular formula is C27H42O3. The van der Waals surface area contributed by atoms with E-state index in [1.165, 1.54) is 38.5 Å². The van der Waals surface area contributed by atoms with E-state index in [1.807, 2.05) is 0 Å². The zero-order valence-corrected chi connectivity index (χ0v) is 20.1. The van der Waals surface area contributed by atoms with Crippen molar-refractivity contribution in [2.24, 2.45) is 45.3 Å². The number of hydrogen-bond acceptors (Lipinski definition) is 3. The van der Waals surface area contributed by atoms with Gasteiger partial charge in [0.1, 0.15) is 11.4 Å². The maximum Gasteiger partial charge on any atom is 0.306 e. The fourth-order valence-electron chi connectivity index (χ4n) is 10.2. The summed E-state index contributed by atoms with van der Waals surface area (Å²) in [5.74, 6) is 2.90. The predicted octanol–water partition coefficient (Wildman–Crippen LogP) is 6.34. The molecule has 1 heterocycles. The van der Waals surface area contributed by atoms with Gasteiger partial charge in [-0.3, -0.25) is 9.59 Å². The molecule has 1 unspecified atom stereocenters. The number of ketones is 1. The van der Waals surface area contributed by atoms with Gasteiger partial charge in [0.15, 0.2) is 0 Å². The van der Waals surface area contributed by atoms with Crippen molar-refractivity contribution in [1.82, 2.24) is 0 Å². The number of rotatable bonds is 1. The largest absolute Gasteiger partial charge is 0.459 e. The van der Waals surface area contributed by atoms with Crippen LogP contribution in [0.15, 0.2) is 0 Å². The van der Waals surface area contributed by atoms with Gasteiger partial charge in [-0.1, -0.05) is 34.6 Å². The molecule has 30 heavy (non-hydrogen) atoms. The maximum atomic E-state index is 12.8. The average molecular weight is 415 g/mol. The molecule has 4 aliphatic carbocycles. The molecule has 0 aromatic heterocycles. The summed E-state index contributed by atoms with van der Waals surface area (Å²) < 4.78 is 5.96. The Morgan fingerprint density at radius 2 is 1.40 bits per heavy atom. The molecule has 0 aromatic carbocycles. The van der Waals surface area contributed by atoms with Gasteiger partial charge in [0.2, 0.25) is 0 Å². The van der Waals surface area contributed by atoms with E-state index >= 15 is 0 Å². The van der Waals surface area contributed by atoms with Crippen LogP contribution in [0.25, 0.3) is 0 Å². The minimum Gasteiger partial charge on any atom is -0.459 e. The number of carbonyl (C=O) groups excluding carboxylic acids is 2. The van der Waals surface area contributed by atoms with Crippen LogP contribution in [-0.2, 0) is 14.3 Å². The van der Waals surface area contributed by atoms with E-state index in [2.05, 4.69) is 41.5 Å². The smallest absolute Gasteiger partial charge is 0.306 e. The second-order valence-corrected chi connectivity index (χ2v) is 13.2. The highest BCUT2D eigenvalue weighted by atomic mass is 16.6. The molecule has 4 saturated carbocycles. The molecule has 3 nitrogen and oxygen atoms in total. The Bertz CT molecular complexity index is 785. The highest BCUT2D eigenvalue weighted by Gasteiger charge is 2.70. The Morgan fingerprint density at radius 1 is 0.700 bits per heavy atom. The zero-order valence-electron chi connectivity index (χ0n) is 20.1. The van der Waals surface area contributed by atoms with Crippen molar-refractivity contribution in [2.45, 2.75) is 111 Å². The predicted molar refractivity (Wildman–Crippen MR) is 118 cm³/mol. The summed E-state index contributed by atoms with van der Waals surface area (Å²) in [4.78, 5) is 24.8. The summed E-state index contributed by atoms with van der Waals surface area (Å²) >= 11 is 0. The van der Waals surface area contributed by atoms with Crippen LogP contribution >= 0.6 is 0 Å². The van der Waals surface area contributed by atoms with Crippen molar-refractivity contribution in [1.29, 1.82) is 0 Å². The fraction of sp³-hybridized carbons (Fsp3) is 0.926. The molecule has 0 bridgehead atoms. The summed E-state index contributed by atoms with van der Waals surface area (Å²) in [6.45, 7) is 14.4. The Kier molecular flexibility index (Phi) is 4.29. The highest BCUT2D eigenvalue weighted by molar-refractivity contribution is 5.85. The number of esters is 1. The van der Waals surface area contributed by atoms with Gasteiger partial charge < -0.3 is 4.74 Å². The number of ether oxygens (including phenoxy) is 1. The Balaban J connectivity index is 1.50. The monoisotopic (exact) mass is 414 g/mol. The third-order valence-electron chi connectivity index (χ3n) is 12.1. The molecule has 168 valence electrons. The van der Waals surface area contributed by atoms with Gasteiger partial charge in [0, 0.05) is 24.2 Å². The van der Waals surface area contributed by atoms with Crippen LogP contribution in [0, 0.1) is 45.3 Å². The molecular weight excluding hydrogens is 372 g/mol. The lowest BCUT2D eigenvalue weighted by atomic mass is 9.35. The van der Waals surface area contributed by atoms with E-state index in [-0.39, 0.29) is 22.4 Å². The summed E-state index contributed by atoms with van der Waals surface area (Å²) in [6.07, 6.45) is 10.8. The van der Waals surface area contributed by atoms with Gasteiger partial charge in [-0.05, 0) is 92.3 Å². The lowest BCUT2D eigenvalue weighted by Gasteiger charge is -2.69. The molecule has 1 aliphatic heterocycles.